The number of hydrogen-bond acceptors (Lipinski definition) is 4. The molecule has 0 aliphatic heterocycles. The molecule has 5 heteroatoms. The fraction of sp³-hybridized carbons (Fsp3) is 0.500. The van der Waals surface area contributed by atoms with Gasteiger partial charge < -0.3 is 9.84 Å². The van der Waals surface area contributed by atoms with Gasteiger partial charge in [-0.25, -0.2) is 8.42 Å². The maximum atomic E-state index is 11.8. The predicted octanol–water partition coefficient (Wildman–Crippen LogP) is 0.919. The normalized spacial score (nSPS) is 11.6. The van der Waals surface area contributed by atoms with Crippen LogP contribution in [0.15, 0.2) is 24.3 Å². The Labute approximate surface area is 102 Å². The summed E-state index contributed by atoms with van der Waals surface area (Å²) in [4.78, 5) is 0. The summed E-state index contributed by atoms with van der Waals surface area (Å²) in [7, 11) is -3.14. The second kappa shape index (κ2) is 6.74. The van der Waals surface area contributed by atoms with Gasteiger partial charge in [0.15, 0.2) is 9.84 Å². The average Bonchev–Trinajstić information content (AvgIpc) is 2.28. The highest BCUT2D eigenvalue weighted by Gasteiger charge is 2.13. The van der Waals surface area contributed by atoms with E-state index in [0.29, 0.717) is 0 Å². The Kier molecular flexibility index (Phi) is 5.61. The SMILES string of the molecule is Cc1ccccc1CS(=O)(=O)CCOCCO. The summed E-state index contributed by atoms with van der Waals surface area (Å²) >= 11 is 0. The molecule has 0 bridgehead atoms. The van der Waals surface area contributed by atoms with Crippen LogP contribution >= 0.6 is 0 Å². The smallest absolute Gasteiger partial charge is 0.156 e. The molecule has 0 fully saturated rings. The third-order valence-electron chi connectivity index (χ3n) is 2.41. The molecule has 0 spiro atoms. The van der Waals surface area contributed by atoms with E-state index in [1.54, 1.807) is 0 Å². The minimum Gasteiger partial charge on any atom is -0.394 e. The number of aryl methyl sites for hydroxylation is 1. The van der Waals surface area contributed by atoms with Crippen LogP contribution in [0.25, 0.3) is 0 Å². The molecular weight excluding hydrogens is 240 g/mol. The van der Waals surface area contributed by atoms with Gasteiger partial charge in [-0.2, -0.15) is 0 Å². The van der Waals surface area contributed by atoms with Gasteiger partial charge in [0, 0.05) is 0 Å². The van der Waals surface area contributed by atoms with Crippen molar-refractivity contribution in [1.82, 2.24) is 0 Å². The molecule has 96 valence electrons. The Balaban J connectivity index is 2.52. The molecule has 0 aliphatic rings. The van der Waals surface area contributed by atoms with E-state index in [1.165, 1.54) is 0 Å². The molecule has 1 aromatic carbocycles. The molecule has 0 aliphatic carbocycles. The zero-order valence-electron chi connectivity index (χ0n) is 9.93. The monoisotopic (exact) mass is 258 g/mol. The average molecular weight is 258 g/mol. The minimum absolute atomic E-state index is 0.0126. The third-order valence-corrected chi connectivity index (χ3v) is 3.95. The van der Waals surface area contributed by atoms with E-state index in [4.69, 9.17) is 9.84 Å². The number of aliphatic hydroxyl groups is 1. The summed E-state index contributed by atoms with van der Waals surface area (Å²) in [6, 6.07) is 7.44. The van der Waals surface area contributed by atoms with Gasteiger partial charge in [-0.15, -0.1) is 0 Å². The van der Waals surface area contributed by atoms with E-state index in [2.05, 4.69) is 0 Å². The van der Waals surface area contributed by atoms with Gasteiger partial charge in [-0.1, -0.05) is 24.3 Å². The summed E-state index contributed by atoms with van der Waals surface area (Å²) in [5.74, 6) is 0.0312. The summed E-state index contributed by atoms with van der Waals surface area (Å²) in [6.45, 7) is 2.12. The van der Waals surface area contributed by atoms with E-state index < -0.39 is 9.84 Å². The topological polar surface area (TPSA) is 63.6 Å². The second-order valence-corrected chi connectivity index (χ2v) is 6.04. The van der Waals surface area contributed by atoms with Crippen LogP contribution in [0.2, 0.25) is 0 Å². The zero-order valence-corrected chi connectivity index (χ0v) is 10.7. The molecule has 0 atom stereocenters. The molecule has 17 heavy (non-hydrogen) atoms. The highest BCUT2D eigenvalue weighted by molar-refractivity contribution is 7.90. The first kappa shape index (κ1) is 14.2. The van der Waals surface area contributed by atoms with Crippen molar-refractivity contribution in [2.24, 2.45) is 0 Å². The van der Waals surface area contributed by atoms with Crippen LogP contribution in [0.3, 0.4) is 0 Å². The van der Waals surface area contributed by atoms with Crippen molar-refractivity contribution >= 4 is 9.84 Å². The van der Waals surface area contributed by atoms with Crippen molar-refractivity contribution in [2.45, 2.75) is 12.7 Å². The van der Waals surface area contributed by atoms with Crippen molar-refractivity contribution in [3.63, 3.8) is 0 Å². The van der Waals surface area contributed by atoms with Gasteiger partial charge >= 0.3 is 0 Å². The quantitative estimate of drug-likeness (QED) is 0.739. The van der Waals surface area contributed by atoms with Crippen LogP contribution in [0, 0.1) is 6.92 Å². The van der Waals surface area contributed by atoms with E-state index in [9.17, 15) is 8.42 Å². The van der Waals surface area contributed by atoms with Crippen LogP contribution in [0.4, 0.5) is 0 Å². The first-order valence-electron chi connectivity index (χ1n) is 5.49. The van der Waals surface area contributed by atoms with Gasteiger partial charge in [-0.05, 0) is 18.1 Å². The van der Waals surface area contributed by atoms with E-state index in [1.807, 2.05) is 31.2 Å². The van der Waals surface area contributed by atoms with Crippen LogP contribution in [0.1, 0.15) is 11.1 Å². The Hall–Kier alpha value is -0.910. The van der Waals surface area contributed by atoms with Crippen molar-refractivity contribution in [2.75, 3.05) is 25.6 Å². The van der Waals surface area contributed by atoms with E-state index >= 15 is 0 Å². The molecule has 0 aromatic heterocycles. The molecule has 0 radical (unpaired) electrons. The van der Waals surface area contributed by atoms with Crippen LogP contribution < -0.4 is 0 Å². The lowest BCUT2D eigenvalue weighted by atomic mass is 10.1. The summed E-state index contributed by atoms with van der Waals surface area (Å²) < 4.78 is 28.5. The third kappa shape index (κ3) is 5.30. The molecule has 1 N–H and O–H groups in total. The molecule has 0 saturated carbocycles. The highest BCUT2D eigenvalue weighted by atomic mass is 32.2. The van der Waals surface area contributed by atoms with Crippen LogP contribution in [0.5, 0.6) is 0 Å². The summed E-state index contributed by atoms with van der Waals surface area (Å²) in [6.07, 6.45) is 0. The van der Waals surface area contributed by atoms with Crippen molar-refractivity contribution < 1.29 is 18.3 Å². The van der Waals surface area contributed by atoms with Gasteiger partial charge in [0.25, 0.3) is 0 Å². The van der Waals surface area contributed by atoms with Crippen molar-refractivity contribution in [1.29, 1.82) is 0 Å². The predicted molar refractivity (Wildman–Crippen MR) is 66.6 cm³/mol. The fourth-order valence-corrected chi connectivity index (χ4v) is 2.75. The van der Waals surface area contributed by atoms with Gasteiger partial charge in [0.05, 0.1) is 31.3 Å². The Morgan fingerprint density at radius 3 is 2.59 bits per heavy atom. The van der Waals surface area contributed by atoms with Crippen molar-refractivity contribution in [3.8, 4) is 0 Å². The van der Waals surface area contributed by atoms with Crippen LogP contribution in [-0.2, 0) is 20.3 Å². The highest BCUT2D eigenvalue weighted by Crippen LogP contribution is 2.11. The summed E-state index contributed by atoms with van der Waals surface area (Å²) in [5.41, 5.74) is 1.81. The van der Waals surface area contributed by atoms with E-state index in [-0.39, 0.29) is 31.3 Å². The number of hydrogen-bond donors (Lipinski definition) is 1. The Morgan fingerprint density at radius 2 is 1.94 bits per heavy atom. The maximum absolute atomic E-state index is 11.8. The summed E-state index contributed by atoms with van der Waals surface area (Å²) in [5, 5.41) is 8.49. The first-order chi connectivity index (χ1) is 8.05. The van der Waals surface area contributed by atoms with Gasteiger partial charge in [-0.3, -0.25) is 0 Å². The molecule has 1 aromatic rings. The lowest BCUT2D eigenvalue weighted by Gasteiger charge is -2.07. The molecule has 0 saturated heterocycles. The van der Waals surface area contributed by atoms with Gasteiger partial charge in [0.2, 0.25) is 0 Å². The molecule has 0 heterocycles. The first-order valence-corrected chi connectivity index (χ1v) is 7.31. The number of benzene rings is 1. The van der Waals surface area contributed by atoms with Crippen molar-refractivity contribution in [3.05, 3.63) is 35.4 Å². The molecule has 4 nitrogen and oxygen atoms in total. The minimum atomic E-state index is -3.14. The van der Waals surface area contributed by atoms with E-state index in [0.717, 1.165) is 11.1 Å². The standard InChI is InChI=1S/C12H18O4S/c1-11-4-2-3-5-12(11)10-17(14,15)9-8-16-7-6-13/h2-5,13H,6-10H2,1H3. The molecule has 1 rings (SSSR count). The second-order valence-electron chi connectivity index (χ2n) is 3.85. The number of ether oxygens (including phenoxy) is 1. The number of aliphatic hydroxyl groups excluding tert-OH is 1. The zero-order chi connectivity index (χ0) is 12.7. The number of rotatable bonds is 7. The fourth-order valence-electron chi connectivity index (χ4n) is 1.43. The molecule has 0 unspecified atom stereocenters. The lowest BCUT2D eigenvalue weighted by Crippen LogP contribution is -2.15. The molecular formula is C12H18O4S. The lowest BCUT2D eigenvalue weighted by molar-refractivity contribution is 0.103. The Bertz CT molecular complexity index is 440. The Morgan fingerprint density at radius 1 is 1.24 bits per heavy atom. The van der Waals surface area contributed by atoms with Gasteiger partial charge in [0.1, 0.15) is 0 Å². The number of sulfone groups is 1. The molecule has 0 amide bonds. The largest absolute Gasteiger partial charge is 0.394 e. The maximum Gasteiger partial charge on any atom is 0.156 e. The van der Waals surface area contributed by atoms with Crippen LogP contribution in [-0.4, -0.2) is 39.1 Å².